The third kappa shape index (κ3) is 16.7. The molecule has 13 nitrogen and oxygen atoms in total. The highest BCUT2D eigenvalue weighted by Crippen LogP contribution is 2.33. The van der Waals surface area contributed by atoms with Gasteiger partial charge in [-0.25, -0.2) is 0 Å². The van der Waals surface area contributed by atoms with E-state index in [4.69, 9.17) is 42.6 Å². The van der Waals surface area contributed by atoms with E-state index in [0.717, 1.165) is 38.9 Å². The molecule has 0 amide bonds. The quantitative estimate of drug-likeness (QED) is 0.0262. The Morgan fingerprint density at radius 1 is 0.432 bits per heavy atom. The number of nitrogens with zero attached hydrogens (tertiary/aromatic N) is 3. The minimum Gasteiger partial charge on any atom is -0.394 e. The highest BCUT2D eigenvalue weighted by Gasteiger charge is 2.50. The van der Waals surface area contributed by atoms with Gasteiger partial charge in [-0.15, -0.1) is 0 Å². The third-order valence-electron chi connectivity index (χ3n) is 12.6. The molecule has 384 valence electrons. The van der Waals surface area contributed by atoms with Crippen LogP contribution in [0, 0.1) is 0 Å². The first kappa shape index (κ1) is 53.7. The fourth-order valence-electron chi connectivity index (χ4n) is 8.74. The SMILES string of the molecule is [N-]=[N+]=N[C@@H](CO[C@H]1O[C@H](COCc2ccccc2)[C@H](OCc2ccccc2)[C@H](OCc2ccccc2)[C@H]1OCc1ccccc1)[C@@H](OCc1ccccc1)[C@H](OCc1ccccc1)[C@H](CO)OCc1ccccc1. The molecule has 1 saturated heterocycles. The van der Waals surface area contributed by atoms with Crippen LogP contribution >= 0.6 is 0 Å². The van der Waals surface area contributed by atoms with E-state index in [2.05, 4.69) is 10.0 Å². The van der Waals surface area contributed by atoms with Gasteiger partial charge in [0, 0.05) is 4.91 Å². The summed E-state index contributed by atoms with van der Waals surface area (Å²) in [5.74, 6) is 0. The average molecular weight is 1000 g/mol. The first-order chi connectivity index (χ1) is 36.6. The summed E-state index contributed by atoms with van der Waals surface area (Å²) in [6.07, 6.45) is -7.21. The summed E-state index contributed by atoms with van der Waals surface area (Å²) in [5.41, 5.74) is 16.9. The Balaban J connectivity index is 1.15. The van der Waals surface area contributed by atoms with Gasteiger partial charge in [0.2, 0.25) is 0 Å². The van der Waals surface area contributed by atoms with Gasteiger partial charge >= 0.3 is 0 Å². The first-order valence-corrected chi connectivity index (χ1v) is 25.1. The van der Waals surface area contributed by atoms with E-state index in [1.807, 2.05) is 212 Å². The predicted molar refractivity (Wildman–Crippen MR) is 281 cm³/mol. The molecule has 1 N–H and O–H groups in total. The second-order valence-corrected chi connectivity index (χ2v) is 18.0. The summed E-state index contributed by atoms with van der Waals surface area (Å²) >= 11 is 0. The fraction of sp³-hybridized carbons (Fsp3) is 0.311. The Bertz CT molecular complexity index is 2640. The lowest BCUT2D eigenvalue weighted by atomic mass is 9.97. The standard InChI is InChI=1S/C61H65N3O10/c62-64-63-53(56(68-39-48-26-12-3-13-27-48)57(69-40-49-28-14-4-15-29-49)54(36-65)67-38-47-24-10-2-11-25-47)44-73-61-60(72-43-52-34-20-7-21-35-52)59(71-42-51-32-18-6-19-33-51)58(70-41-50-30-16-5-17-31-50)55(74-61)45-66-37-46-22-8-1-9-23-46/h1-35,53-61,65H,36-45H2/t53-,54-,55+,56+,57+,58-,59-,60+,61-/m0/s1. The van der Waals surface area contributed by atoms with Gasteiger partial charge in [-0.05, 0) is 44.5 Å². The molecule has 0 aliphatic carbocycles. The molecule has 13 heteroatoms. The number of benzene rings is 7. The van der Waals surface area contributed by atoms with Crippen molar-refractivity contribution in [2.45, 2.75) is 101 Å². The summed E-state index contributed by atoms with van der Waals surface area (Å²) in [5, 5.41) is 15.5. The lowest BCUT2D eigenvalue weighted by Crippen LogP contribution is -2.62. The summed E-state index contributed by atoms with van der Waals surface area (Å²) < 4.78 is 61.2. The van der Waals surface area contributed by atoms with Crippen molar-refractivity contribution in [2.75, 3.05) is 19.8 Å². The van der Waals surface area contributed by atoms with E-state index in [-0.39, 0.29) is 52.9 Å². The molecule has 1 aliphatic rings. The van der Waals surface area contributed by atoms with Gasteiger partial charge in [0.15, 0.2) is 6.29 Å². The molecule has 7 aromatic rings. The van der Waals surface area contributed by atoms with Gasteiger partial charge in [0.25, 0.3) is 0 Å². The van der Waals surface area contributed by atoms with E-state index in [1.54, 1.807) is 0 Å². The zero-order chi connectivity index (χ0) is 50.8. The van der Waals surface area contributed by atoms with Crippen LogP contribution in [0.3, 0.4) is 0 Å². The van der Waals surface area contributed by atoms with Crippen molar-refractivity contribution in [1.82, 2.24) is 0 Å². The zero-order valence-corrected chi connectivity index (χ0v) is 41.4. The Morgan fingerprint density at radius 2 is 0.797 bits per heavy atom. The van der Waals surface area contributed by atoms with Gasteiger partial charge in [-0.1, -0.05) is 217 Å². The van der Waals surface area contributed by atoms with E-state index >= 15 is 0 Å². The van der Waals surface area contributed by atoms with Crippen LogP contribution in [0.15, 0.2) is 217 Å². The van der Waals surface area contributed by atoms with Gasteiger partial charge in [0.1, 0.15) is 36.6 Å². The summed E-state index contributed by atoms with van der Waals surface area (Å²) in [4.78, 5) is 3.35. The van der Waals surface area contributed by atoms with Crippen molar-refractivity contribution < 1.29 is 47.7 Å². The van der Waals surface area contributed by atoms with Crippen LogP contribution in [0.2, 0.25) is 0 Å². The summed E-state index contributed by atoms with van der Waals surface area (Å²) in [7, 11) is 0. The predicted octanol–water partition coefficient (Wildman–Crippen LogP) is 11.1. The van der Waals surface area contributed by atoms with E-state index in [1.165, 1.54) is 0 Å². The molecule has 1 heterocycles. The van der Waals surface area contributed by atoms with Crippen LogP contribution in [0.1, 0.15) is 38.9 Å². The van der Waals surface area contributed by atoms with Crippen molar-refractivity contribution in [2.24, 2.45) is 5.11 Å². The average Bonchev–Trinajstić information content (AvgIpc) is 3.46. The minimum atomic E-state index is -1.13. The molecule has 0 saturated carbocycles. The first-order valence-electron chi connectivity index (χ1n) is 25.1. The smallest absolute Gasteiger partial charge is 0.186 e. The molecule has 0 bridgehead atoms. The monoisotopic (exact) mass is 999 g/mol. The second-order valence-electron chi connectivity index (χ2n) is 18.0. The molecule has 0 aromatic heterocycles. The maximum atomic E-state index is 11.1. The number of hydrogen-bond acceptors (Lipinski definition) is 11. The topological polar surface area (TPSA) is 152 Å². The van der Waals surface area contributed by atoms with Gasteiger partial charge in [-0.3, -0.25) is 0 Å². The number of aliphatic hydroxyl groups excluding tert-OH is 1. The van der Waals surface area contributed by atoms with Crippen LogP contribution in [0.5, 0.6) is 0 Å². The molecule has 0 unspecified atom stereocenters. The molecule has 74 heavy (non-hydrogen) atoms. The molecule has 8 rings (SSSR count). The highest BCUT2D eigenvalue weighted by atomic mass is 16.7. The molecule has 7 aromatic carbocycles. The molecule has 9 atom stereocenters. The Kier molecular flexibility index (Phi) is 21.8. The number of azide groups is 1. The Labute approximate surface area is 434 Å². The van der Waals surface area contributed by atoms with Gasteiger partial charge in [-0.2, -0.15) is 0 Å². The maximum Gasteiger partial charge on any atom is 0.186 e. The van der Waals surface area contributed by atoms with Crippen LogP contribution < -0.4 is 0 Å². The highest BCUT2D eigenvalue weighted by molar-refractivity contribution is 5.19. The van der Waals surface area contributed by atoms with Crippen LogP contribution in [-0.4, -0.2) is 80.0 Å². The summed E-state index contributed by atoms with van der Waals surface area (Å²) in [6, 6.07) is 67.6. The van der Waals surface area contributed by atoms with Crippen molar-refractivity contribution in [3.8, 4) is 0 Å². The molecular weight excluding hydrogens is 935 g/mol. The largest absolute Gasteiger partial charge is 0.394 e. The normalized spacial score (nSPS) is 19.2. The van der Waals surface area contributed by atoms with Crippen molar-refractivity contribution in [1.29, 1.82) is 0 Å². The maximum absolute atomic E-state index is 11.1. The van der Waals surface area contributed by atoms with Gasteiger partial charge < -0.3 is 47.7 Å². The van der Waals surface area contributed by atoms with Crippen molar-refractivity contribution in [3.05, 3.63) is 262 Å². The zero-order valence-electron chi connectivity index (χ0n) is 41.4. The lowest BCUT2D eigenvalue weighted by Gasteiger charge is -2.46. The third-order valence-corrected chi connectivity index (χ3v) is 12.6. The Hall–Kier alpha value is -6.55. The molecule has 0 spiro atoms. The second kappa shape index (κ2) is 30.0. The lowest BCUT2D eigenvalue weighted by molar-refractivity contribution is -0.330. The molecule has 1 fully saturated rings. The van der Waals surface area contributed by atoms with E-state index in [9.17, 15) is 10.6 Å². The number of aliphatic hydroxyl groups is 1. The van der Waals surface area contributed by atoms with Crippen LogP contribution in [0.25, 0.3) is 10.4 Å². The Morgan fingerprint density at radius 3 is 1.22 bits per heavy atom. The van der Waals surface area contributed by atoms with Crippen molar-refractivity contribution >= 4 is 0 Å². The number of hydrogen-bond donors (Lipinski definition) is 1. The number of ether oxygens (including phenoxy) is 9. The molecule has 1 aliphatic heterocycles. The minimum absolute atomic E-state index is 0.111. The van der Waals surface area contributed by atoms with Crippen LogP contribution in [0.4, 0.5) is 0 Å². The molecule has 0 radical (unpaired) electrons. The van der Waals surface area contributed by atoms with E-state index in [0.29, 0.717) is 6.61 Å². The molecular formula is C61H65N3O10. The summed E-state index contributed by atoms with van der Waals surface area (Å²) in [6.45, 7) is 0.875. The van der Waals surface area contributed by atoms with Gasteiger partial charge in [0.05, 0.1) is 78.2 Å². The van der Waals surface area contributed by atoms with Crippen molar-refractivity contribution in [3.63, 3.8) is 0 Å². The van der Waals surface area contributed by atoms with Crippen LogP contribution in [-0.2, 0) is 88.9 Å². The van der Waals surface area contributed by atoms with E-state index < -0.39 is 61.7 Å². The number of rotatable bonds is 30. The fourth-order valence-corrected chi connectivity index (χ4v) is 8.74.